The van der Waals surface area contributed by atoms with E-state index in [2.05, 4.69) is 10.2 Å². The standard InChI is InChI=1S/C10H6ClFN4O4S/c11-9-3-4-10(14-13-9)15-21(19,20)8-2-1-6(12)5-7(8)16(17)18/h1-5H,(H,14,15). The fourth-order valence-corrected chi connectivity index (χ4v) is 2.67. The van der Waals surface area contributed by atoms with Gasteiger partial charge in [-0.25, -0.2) is 12.8 Å². The van der Waals surface area contributed by atoms with Crippen LogP contribution in [0.1, 0.15) is 0 Å². The Kier molecular flexibility index (Phi) is 4.00. The number of benzene rings is 1. The number of halogens is 2. The monoisotopic (exact) mass is 332 g/mol. The van der Waals surface area contributed by atoms with Crippen molar-refractivity contribution in [3.8, 4) is 0 Å². The Balaban J connectivity index is 2.44. The van der Waals surface area contributed by atoms with Gasteiger partial charge in [-0.2, -0.15) is 0 Å². The van der Waals surface area contributed by atoms with Gasteiger partial charge in [-0.05, 0) is 24.3 Å². The van der Waals surface area contributed by atoms with E-state index in [0.717, 1.165) is 12.1 Å². The molecule has 0 radical (unpaired) electrons. The lowest BCUT2D eigenvalue weighted by molar-refractivity contribution is -0.388. The second kappa shape index (κ2) is 5.58. The molecule has 1 heterocycles. The molecule has 21 heavy (non-hydrogen) atoms. The van der Waals surface area contributed by atoms with Crippen LogP contribution >= 0.6 is 11.6 Å². The number of anilines is 1. The van der Waals surface area contributed by atoms with Crippen molar-refractivity contribution in [3.63, 3.8) is 0 Å². The van der Waals surface area contributed by atoms with Crippen LogP contribution in [0.5, 0.6) is 0 Å². The molecule has 0 bridgehead atoms. The molecule has 2 aromatic rings. The molecule has 2 rings (SSSR count). The molecule has 0 saturated heterocycles. The van der Waals surface area contributed by atoms with Crippen molar-refractivity contribution in [3.05, 3.63) is 51.4 Å². The van der Waals surface area contributed by atoms with E-state index in [9.17, 15) is 22.9 Å². The average Bonchev–Trinajstić information content (AvgIpc) is 2.40. The highest BCUT2D eigenvalue weighted by molar-refractivity contribution is 7.92. The van der Waals surface area contributed by atoms with Crippen LogP contribution in [-0.4, -0.2) is 23.5 Å². The summed E-state index contributed by atoms with van der Waals surface area (Å²) in [5, 5.41) is 17.8. The molecule has 8 nitrogen and oxygen atoms in total. The SMILES string of the molecule is O=[N+]([O-])c1cc(F)ccc1S(=O)(=O)Nc1ccc(Cl)nn1. The largest absolute Gasteiger partial charge is 0.292 e. The fourth-order valence-electron chi connectivity index (χ4n) is 1.42. The van der Waals surface area contributed by atoms with Gasteiger partial charge < -0.3 is 0 Å². The van der Waals surface area contributed by atoms with E-state index in [1.165, 1.54) is 12.1 Å². The summed E-state index contributed by atoms with van der Waals surface area (Å²) >= 11 is 5.50. The average molecular weight is 333 g/mol. The molecule has 0 fully saturated rings. The summed E-state index contributed by atoms with van der Waals surface area (Å²) in [6.07, 6.45) is 0. The van der Waals surface area contributed by atoms with Crippen molar-refractivity contribution in [2.45, 2.75) is 4.90 Å². The minimum Gasteiger partial charge on any atom is -0.262 e. The lowest BCUT2D eigenvalue weighted by Gasteiger charge is -2.07. The number of aromatic nitrogens is 2. The third kappa shape index (κ3) is 3.41. The molecule has 1 N–H and O–H groups in total. The Hall–Kier alpha value is -2.33. The molecule has 0 aliphatic rings. The molecular weight excluding hydrogens is 327 g/mol. The Labute approximate surface area is 122 Å². The summed E-state index contributed by atoms with van der Waals surface area (Å²) in [7, 11) is -4.32. The quantitative estimate of drug-likeness (QED) is 0.676. The maximum atomic E-state index is 13.0. The summed E-state index contributed by atoms with van der Waals surface area (Å²) in [5.74, 6) is -1.11. The molecule has 1 aromatic heterocycles. The van der Waals surface area contributed by atoms with Crippen LogP contribution in [0.15, 0.2) is 35.2 Å². The lowest BCUT2D eigenvalue weighted by atomic mass is 10.3. The van der Waals surface area contributed by atoms with E-state index in [4.69, 9.17) is 11.6 Å². The van der Waals surface area contributed by atoms with Gasteiger partial charge >= 0.3 is 0 Å². The van der Waals surface area contributed by atoms with Crippen LogP contribution in [0, 0.1) is 15.9 Å². The van der Waals surface area contributed by atoms with E-state index in [0.29, 0.717) is 6.07 Å². The number of nitrogens with zero attached hydrogens (tertiary/aromatic N) is 3. The highest BCUT2D eigenvalue weighted by Crippen LogP contribution is 2.26. The van der Waals surface area contributed by atoms with Crippen LogP contribution in [-0.2, 0) is 10.0 Å². The predicted molar refractivity (Wildman–Crippen MR) is 70.9 cm³/mol. The summed E-state index contributed by atoms with van der Waals surface area (Å²) < 4.78 is 39.2. The first kappa shape index (κ1) is 15.1. The predicted octanol–water partition coefficient (Wildman–Crippen LogP) is 1.98. The van der Waals surface area contributed by atoms with E-state index in [-0.39, 0.29) is 11.0 Å². The number of nitro benzene ring substituents is 1. The number of hydrogen-bond donors (Lipinski definition) is 1. The highest BCUT2D eigenvalue weighted by Gasteiger charge is 2.26. The zero-order chi connectivity index (χ0) is 15.6. The van der Waals surface area contributed by atoms with Crippen molar-refractivity contribution >= 4 is 33.1 Å². The molecule has 0 atom stereocenters. The third-order valence-electron chi connectivity index (χ3n) is 2.28. The molecule has 0 saturated carbocycles. The fraction of sp³-hybridized carbons (Fsp3) is 0. The maximum Gasteiger partial charge on any atom is 0.292 e. The number of sulfonamides is 1. The van der Waals surface area contributed by atoms with Gasteiger partial charge in [-0.1, -0.05) is 11.6 Å². The number of rotatable bonds is 4. The molecule has 110 valence electrons. The van der Waals surface area contributed by atoms with Gasteiger partial charge in [0.15, 0.2) is 15.9 Å². The number of hydrogen-bond acceptors (Lipinski definition) is 6. The van der Waals surface area contributed by atoms with E-state index in [1.54, 1.807) is 0 Å². The van der Waals surface area contributed by atoms with Gasteiger partial charge in [0, 0.05) is 0 Å². The molecule has 0 aliphatic carbocycles. The van der Waals surface area contributed by atoms with Crippen LogP contribution in [0.3, 0.4) is 0 Å². The topological polar surface area (TPSA) is 115 Å². The van der Waals surface area contributed by atoms with Crippen molar-refractivity contribution in [1.82, 2.24) is 10.2 Å². The van der Waals surface area contributed by atoms with Crippen LogP contribution in [0.4, 0.5) is 15.9 Å². The van der Waals surface area contributed by atoms with Crippen molar-refractivity contribution in [2.75, 3.05) is 4.72 Å². The summed E-state index contributed by atoms with van der Waals surface area (Å²) in [6, 6.07) is 4.62. The van der Waals surface area contributed by atoms with E-state index < -0.39 is 31.3 Å². The zero-order valence-corrected chi connectivity index (χ0v) is 11.6. The maximum absolute atomic E-state index is 13.0. The number of nitro groups is 1. The van der Waals surface area contributed by atoms with Crippen molar-refractivity contribution < 1.29 is 17.7 Å². The minimum absolute atomic E-state index is 0.0470. The summed E-state index contributed by atoms with van der Waals surface area (Å²) in [4.78, 5) is 9.13. The normalized spacial score (nSPS) is 11.1. The highest BCUT2D eigenvalue weighted by atomic mass is 35.5. The van der Waals surface area contributed by atoms with Crippen LogP contribution in [0.25, 0.3) is 0 Å². The van der Waals surface area contributed by atoms with Crippen LogP contribution in [0.2, 0.25) is 5.15 Å². The first-order valence-electron chi connectivity index (χ1n) is 5.25. The summed E-state index contributed by atoms with van der Waals surface area (Å²) in [6.45, 7) is 0. The van der Waals surface area contributed by atoms with Gasteiger partial charge in [-0.15, -0.1) is 10.2 Å². The molecular formula is C10H6ClFN4O4S. The second-order valence-electron chi connectivity index (χ2n) is 3.72. The molecule has 11 heteroatoms. The van der Waals surface area contributed by atoms with Crippen LogP contribution < -0.4 is 4.72 Å². The molecule has 0 spiro atoms. The summed E-state index contributed by atoms with van der Waals surface area (Å²) in [5.41, 5.74) is -0.885. The zero-order valence-electron chi connectivity index (χ0n) is 10.0. The van der Waals surface area contributed by atoms with Gasteiger partial charge in [0.1, 0.15) is 5.82 Å². The first-order chi connectivity index (χ1) is 9.79. The van der Waals surface area contributed by atoms with Gasteiger partial charge in [0.2, 0.25) is 0 Å². The Bertz CT molecular complexity index is 797. The van der Waals surface area contributed by atoms with Crippen molar-refractivity contribution in [1.29, 1.82) is 0 Å². The Morgan fingerprint density at radius 3 is 2.52 bits per heavy atom. The third-order valence-corrected chi connectivity index (χ3v) is 3.88. The molecule has 0 aliphatic heterocycles. The molecule has 1 aromatic carbocycles. The Morgan fingerprint density at radius 1 is 1.24 bits per heavy atom. The minimum atomic E-state index is -4.32. The number of nitrogens with one attached hydrogen (secondary N) is 1. The molecule has 0 unspecified atom stereocenters. The lowest BCUT2D eigenvalue weighted by Crippen LogP contribution is -2.16. The van der Waals surface area contributed by atoms with Gasteiger partial charge in [0.05, 0.1) is 11.0 Å². The smallest absolute Gasteiger partial charge is 0.262 e. The second-order valence-corrected chi connectivity index (χ2v) is 5.75. The molecule has 0 amide bonds. The van der Waals surface area contributed by atoms with Gasteiger partial charge in [-0.3, -0.25) is 14.8 Å². The Morgan fingerprint density at radius 2 is 1.95 bits per heavy atom. The van der Waals surface area contributed by atoms with E-state index >= 15 is 0 Å². The van der Waals surface area contributed by atoms with Gasteiger partial charge in [0.25, 0.3) is 15.7 Å². The van der Waals surface area contributed by atoms with E-state index in [1.807, 2.05) is 4.72 Å². The van der Waals surface area contributed by atoms with Crippen molar-refractivity contribution in [2.24, 2.45) is 0 Å². The first-order valence-corrected chi connectivity index (χ1v) is 7.12.